The lowest BCUT2D eigenvalue weighted by Gasteiger charge is -2.18. The summed E-state index contributed by atoms with van der Waals surface area (Å²) in [4.78, 5) is 8.45. The number of aromatic hydroxyl groups is 1. The number of hydrogen-bond acceptors (Lipinski definition) is 4. The Hall–Kier alpha value is -1.46. The number of aromatic nitrogens is 2. The molecule has 0 radical (unpaired) electrons. The lowest BCUT2D eigenvalue weighted by atomic mass is 10.0. The fourth-order valence-corrected chi connectivity index (χ4v) is 2.49. The third kappa shape index (κ3) is 3.77. The van der Waals surface area contributed by atoms with Gasteiger partial charge in [-0.1, -0.05) is 22.9 Å². The minimum atomic E-state index is 0.0859. The number of nitrogens with one attached hydrogen (secondary N) is 1. The third-order valence-corrected chi connectivity index (χ3v) is 3.63. The molecule has 2 aromatic rings. The van der Waals surface area contributed by atoms with E-state index in [-0.39, 0.29) is 6.04 Å². The molecule has 106 valence electrons. The van der Waals surface area contributed by atoms with Gasteiger partial charge in [-0.15, -0.1) is 0 Å². The highest BCUT2D eigenvalue weighted by atomic mass is 79.9. The highest BCUT2D eigenvalue weighted by molar-refractivity contribution is 9.10. The van der Waals surface area contributed by atoms with Crippen molar-refractivity contribution in [3.8, 4) is 5.75 Å². The predicted molar refractivity (Wildman–Crippen MR) is 82.4 cm³/mol. The van der Waals surface area contributed by atoms with Crippen LogP contribution in [0.2, 0.25) is 0 Å². The second kappa shape index (κ2) is 6.81. The van der Waals surface area contributed by atoms with Crippen LogP contribution in [-0.4, -0.2) is 15.1 Å². The van der Waals surface area contributed by atoms with Crippen LogP contribution in [0.15, 0.2) is 34.9 Å². The SMILES string of the molecule is CCC(NCc1ccnc(C)n1)c1cc(Br)ccc1O. The van der Waals surface area contributed by atoms with Gasteiger partial charge in [-0.25, -0.2) is 9.97 Å². The first-order chi connectivity index (χ1) is 9.60. The van der Waals surface area contributed by atoms with Gasteiger partial charge < -0.3 is 10.4 Å². The van der Waals surface area contributed by atoms with Crippen molar-refractivity contribution in [1.29, 1.82) is 0 Å². The van der Waals surface area contributed by atoms with Crippen LogP contribution >= 0.6 is 15.9 Å². The monoisotopic (exact) mass is 335 g/mol. The fraction of sp³-hybridized carbons (Fsp3) is 0.333. The highest BCUT2D eigenvalue weighted by Gasteiger charge is 2.13. The minimum absolute atomic E-state index is 0.0859. The maximum absolute atomic E-state index is 9.99. The number of aryl methyl sites for hydroxylation is 1. The first kappa shape index (κ1) is 14.9. The maximum Gasteiger partial charge on any atom is 0.125 e. The van der Waals surface area contributed by atoms with E-state index in [0.717, 1.165) is 28.0 Å². The number of halogens is 1. The molecule has 0 saturated heterocycles. The Morgan fingerprint density at radius 3 is 2.85 bits per heavy atom. The average Bonchev–Trinajstić information content (AvgIpc) is 2.43. The van der Waals surface area contributed by atoms with Crippen molar-refractivity contribution in [3.05, 3.63) is 52.0 Å². The predicted octanol–water partition coefficient (Wildman–Crippen LogP) is 3.49. The van der Waals surface area contributed by atoms with Crippen molar-refractivity contribution in [2.75, 3.05) is 0 Å². The number of phenolic OH excluding ortho intramolecular Hbond substituents is 1. The van der Waals surface area contributed by atoms with E-state index in [1.54, 1.807) is 12.3 Å². The van der Waals surface area contributed by atoms with Gasteiger partial charge in [0.05, 0.1) is 5.69 Å². The van der Waals surface area contributed by atoms with E-state index >= 15 is 0 Å². The molecule has 1 unspecified atom stereocenters. The molecular formula is C15H18BrN3O. The zero-order chi connectivity index (χ0) is 14.5. The summed E-state index contributed by atoms with van der Waals surface area (Å²) in [6, 6.07) is 7.47. The average molecular weight is 336 g/mol. The first-order valence-corrected chi connectivity index (χ1v) is 7.39. The van der Waals surface area contributed by atoms with Crippen LogP contribution in [0.4, 0.5) is 0 Å². The van der Waals surface area contributed by atoms with Crippen LogP contribution in [0.3, 0.4) is 0 Å². The van der Waals surface area contributed by atoms with E-state index in [1.807, 2.05) is 25.1 Å². The number of rotatable bonds is 5. The highest BCUT2D eigenvalue weighted by Crippen LogP contribution is 2.29. The summed E-state index contributed by atoms with van der Waals surface area (Å²) < 4.78 is 0.962. The third-order valence-electron chi connectivity index (χ3n) is 3.14. The zero-order valence-electron chi connectivity index (χ0n) is 11.6. The smallest absolute Gasteiger partial charge is 0.125 e. The molecule has 1 aromatic heterocycles. The van der Waals surface area contributed by atoms with Crippen molar-refractivity contribution >= 4 is 15.9 Å². The quantitative estimate of drug-likeness (QED) is 0.877. The fourth-order valence-electron chi connectivity index (χ4n) is 2.11. The van der Waals surface area contributed by atoms with E-state index in [1.165, 1.54) is 0 Å². The minimum Gasteiger partial charge on any atom is -0.508 e. The lowest BCUT2D eigenvalue weighted by molar-refractivity contribution is 0.439. The van der Waals surface area contributed by atoms with Gasteiger partial charge in [-0.2, -0.15) is 0 Å². The second-order valence-electron chi connectivity index (χ2n) is 4.64. The van der Waals surface area contributed by atoms with Crippen molar-refractivity contribution in [3.63, 3.8) is 0 Å². The molecule has 0 saturated carbocycles. The molecule has 20 heavy (non-hydrogen) atoms. The standard InChI is InChI=1S/C15H18BrN3O/c1-3-14(13-8-11(16)4-5-15(13)20)18-9-12-6-7-17-10(2)19-12/h4-8,14,18,20H,3,9H2,1-2H3. The Kier molecular flexibility index (Phi) is 5.09. The van der Waals surface area contributed by atoms with E-state index in [2.05, 4.69) is 38.1 Å². The van der Waals surface area contributed by atoms with Gasteiger partial charge in [-0.05, 0) is 37.6 Å². The van der Waals surface area contributed by atoms with Crippen molar-refractivity contribution in [2.24, 2.45) is 0 Å². The van der Waals surface area contributed by atoms with Crippen molar-refractivity contribution in [1.82, 2.24) is 15.3 Å². The molecule has 4 nitrogen and oxygen atoms in total. The van der Waals surface area contributed by atoms with Gasteiger partial charge in [0.15, 0.2) is 0 Å². The maximum atomic E-state index is 9.99. The molecule has 1 aromatic carbocycles. The molecule has 0 amide bonds. The summed E-state index contributed by atoms with van der Waals surface area (Å²) in [5, 5.41) is 13.4. The van der Waals surface area contributed by atoms with Crippen LogP contribution in [0, 0.1) is 6.92 Å². The summed E-state index contributed by atoms with van der Waals surface area (Å²) in [7, 11) is 0. The molecule has 2 rings (SSSR count). The Morgan fingerprint density at radius 1 is 1.35 bits per heavy atom. The topological polar surface area (TPSA) is 58.0 Å². The number of hydrogen-bond donors (Lipinski definition) is 2. The zero-order valence-corrected chi connectivity index (χ0v) is 13.2. The van der Waals surface area contributed by atoms with Crippen LogP contribution < -0.4 is 5.32 Å². The summed E-state index contributed by atoms with van der Waals surface area (Å²) in [6.45, 7) is 4.61. The lowest BCUT2D eigenvalue weighted by Crippen LogP contribution is -2.21. The molecule has 0 spiro atoms. The molecule has 0 aliphatic heterocycles. The van der Waals surface area contributed by atoms with Gasteiger partial charge >= 0.3 is 0 Å². The van der Waals surface area contributed by atoms with Crippen LogP contribution in [0.1, 0.15) is 36.5 Å². The Labute approximate surface area is 127 Å². The molecule has 0 fully saturated rings. The molecule has 1 heterocycles. The van der Waals surface area contributed by atoms with Gasteiger partial charge in [-0.3, -0.25) is 0 Å². The van der Waals surface area contributed by atoms with E-state index in [4.69, 9.17) is 0 Å². The molecule has 0 aliphatic rings. The van der Waals surface area contributed by atoms with E-state index in [0.29, 0.717) is 12.3 Å². The van der Waals surface area contributed by atoms with Crippen LogP contribution in [0.5, 0.6) is 5.75 Å². The Bertz CT molecular complexity index is 589. The van der Waals surface area contributed by atoms with Crippen LogP contribution in [0.25, 0.3) is 0 Å². The van der Waals surface area contributed by atoms with Crippen LogP contribution in [-0.2, 0) is 6.54 Å². The molecule has 1 atom stereocenters. The number of nitrogens with zero attached hydrogens (tertiary/aromatic N) is 2. The van der Waals surface area contributed by atoms with E-state index in [9.17, 15) is 5.11 Å². The van der Waals surface area contributed by atoms with Gasteiger partial charge in [0.1, 0.15) is 11.6 Å². The summed E-state index contributed by atoms with van der Waals surface area (Å²) in [6.07, 6.45) is 2.64. The number of phenols is 1. The molecule has 0 bridgehead atoms. The normalized spacial score (nSPS) is 12.3. The molecular weight excluding hydrogens is 318 g/mol. The summed E-state index contributed by atoms with van der Waals surface area (Å²) >= 11 is 3.44. The first-order valence-electron chi connectivity index (χ1n) is 6.60. The molecule has 5 heteroatoms. The van der Waals surface area contributed by atoms with Crippen molar-refractivity contribution in [2.45, 2.75) is 32.9 Å². The van der Waals surface area contributed by atoms with E-state index < -0.39 is 0 Å². The Balaban J connectivity index is 2.11. The summed E-state index contributed by atoms with van der Waals surface area (Å²) in [5.41, 5.74) is 1.85. The van der Waals surface area contributed by atoms with Crippen molar-refractivity contribution < 1.29 is 5.11 Å². The van der Waals surface area contributed by atoms with Gasteiger partial charge in [0.25, 0.3) is 0 Å². The largest absolute Gasteiger partial charge is 0.508 e. The molecule has 0 aliphatic carbocycles. The number of benzene rings is 1. The Morgan fingerprint density at radius 2 is 2.15 bits per heavy atom. The summed E-state index contributed by atoms with van der Waals surface area (Å²) in [5.74, 6) is 1.08. The molecule has 2 N–H and O–H groups in total. The second-order valence-corrected chi connectivity index (χ2v) is 5.56. The van der Waals surface area contributed by atoms with Gasteiger partial charge in [0, 0.05) is 28.8 Å². The van der Waals surface area contributed by atoms with Gasteiger partial charge in [0.2, 0.25) is 0 Å².